The monoisotopic (exact) mass is 315 g/mol. The molecule has 6 heteroatoms. The van der Waals surface area contributed by atoms with E-state index < -0.39 is 0 Å². The van der Waals surface area contributed by atoms with Crippen LogP contribution in [0.15, 0.2) is 24.3 Å². The van der Waals surface area contributed by atoms with Crippen molar-refractivity contribution in [3.63, 3.8) is 0 Å². The summed E-state index contributed by atoms with van der Waals surface area (Å²) in [5, 5.41) is 3.83. The minimum Gasteiger partial charge on any atom is -0.497 e. The van der Waals surface area contributed by atoms with Crippen LogP contribution in [-0.2, 0) is 4.79 Å². The van der Waals surface area contributed by atoms with Gasteiger partial charge in [-0.05, 0) is 37.1 Å². The van der Waals surface area contributed by atoms with Crippen molar-refractivity contribution < 1.29 is 14.3 Å². The highest BCUT2D eigenvalue weighted by Crippen LogP contribution is 2.21. The van der Waals surface area contributed by atoms with E-state index in [0.29, 0.717) is 25.2 Å². The summed E-state index contributed by atoms with van der Waals surface area (Å²) in [6.07, 6.45) is 2.38. The number of methoxy groups -OCH3 is 1. The first kappa shape index (κ1) is 15.4. The number of carbonyl (C=O) groups is 2. The molecule has 1 aliphatic heterocycles. The number of likely N-dealkylation sites (tertiary alicyclic amines) is 1. The summed E-state index contributed by atoms with van der Waals surface area (Å²) in [6.45, 7) is 2.11. The number of fused-ring (bicyclic) bond motifs is 1. The molecule has 2 aromatic rings. The molecule has 6 nitrogen and oxygen atoms in total. The van der Waals surface area contributed by atoms with Gasteiger partial charge in [-0.15, -0.1) is 0 Å². The second-order valence-corrected chi connectivity index (χ2v) is 5.73. The molecule has 0 bridgehead atoms. The van der Waals surface area contributed by atoms with E-state index in [2.05, 4.69) is 10.3 Å². The summed E-state index contributed by atoms with van der Waals surface area (Å²) in [4.78, 5) is 28.6. The number of ether oxygens (including phenoxy) is 1. The molecular weight excluding hydrogens is 294 g/mol. The minimum atomic E-state index is -0.132. The zero-order valence-corrected chi connectivity index (χ0v) is 13.2. The molecular formula is C17H21N3O3. The second-order valence-electron chi connectivity index (χ2n) is 5.73. The van der Waals surface area contributed by atoms with Crippen molar-refractivity contribution in [3.05, 3.63) is 30.0 Å². The van der Waals surface area contributed by atoms with E-state index in [-0.39, 0.29) is 11.8 Å². The summed E-state index contributed by atoms with van der Waals surface area (Å²) in [5.41, 5.74) is 1.43. The van der Waals surface area contributed by atoms with Gasteiger partial charge in [-0.25, -0.2) is 0 Å². The van der Waals surface area contributed by atoms with E-state index in [1.54, 1.807) is 7.11 Å². The van der Waals surface area contributed by atoms with Crippen molar-refractivity contribution in [2.45, 2.75) is 19.3 Å². The van der Waals surface area contributed by atoms with Gasteiger partial charge < -0.3 is 19.9 Å². The fraction of sp³-hybridized carbons (Fsp3) is 0.412. The number of aromatic nitrogens is 1. The van der Waals surface area contributed by atoms with Crippen LogP contribution in [0.4, 0.5) is 0 Å². The average molecular weight is 315 g/mol. The molecule has 1 aromatic heterocycles. The van der Waals surface area contributed by atoms with E-state index in [0.717, 1.165) is 36.0 Å². The van der Waals surface area contributed by atoms with Crippen molar-refractivity contribution >= 4 is 22.7 Å². The lowest BCUT2D eigenvalue weighted by Crippen LogP contribution is -2.30. The number of nitrogens with one attached hydrogen (secondary N) is 2. The van der Waals surface area contributed by atoms with Crippen LogP contribution >= 0.6 is 0 Å². The smallest absolute Gasteiger partial charge is 0.267 e. The second kappa shape index (κ2) is 6.73. The molecule has 0 spiro atoms. The third kappa shape index (κ3) is 3.47. The molecule has 1 aromatic carbocycles. The third-order valence-corrected chi connectivity index (χ3v) is 4.13. The summed E-state index contributed by atoms with van der Waals surface area (Å²) in [7, 11) is 1.62. The molecule has 0 unspecified atom stereocenters. The highest BCUT2D eigenvalue weighted by Gasteiger charge is 2.19. The Morgan fingerprint density at radius 2 is 2.26 bits per heavy atom. The molecule has 0 atom stereocenters. The van der Waals surface area contributed by atoms with Gasteiger partial charge >= 0.3 is 0 Å². The maximum Gasteiger partial charge on any atom is 0.267 e. The number of carbonyl (C=O) groups excluding carboxylic acids is 2. The molecule has 2 amide bonds. The Bertz CT molecular complexity index is 723. The maximum atomic E-state index is 12.2. The average Bonchev–Trinajstić information content (AvgIpc) is 3.16. The first-order valence-electron chi connectivity index (χ1n) is 7.90. The normalized spacial score (nSPS) is 14.5. The molecule has 0 aliphatic carbocycles. The lowest BCUT2D eigenvalue weighted by molar-refractivity contribution is -0.127. The lowest BCUT2D eigenvalue weighted by Gasteiger charge is -2.15. The van der Waals surface area contributed by atoms with E-state index >= 15 is 0 Å². The highest BCUT2D eigenvalue weighted by atomic mass is 16.5. The Labute approximate surface area is 134 Å². The van der Waals surface area contributed by atoms with Gasteiger partial charge in [-0.2, -0.15) is 0 Å². The van der Waals surface area contributed by atoms with Crippen LogP contribution in [0.25, 0.3) is 10.9 Å². The van der Waals surface area contributed by atoms with Crippen LogP contribution in [0, 0.1) is 0 Å². The molecule has 1 saturated heterocycles. The van der Waals surface area contributed by atoms with Crippen molar-refractivity contribution in [2.75, 3.05) is 26.7 Å². The number of H-pyrrole nitrogens is 1. The van der Waals surface area contributed by atoms with Crippen molar-refractivity contribution in [2.24, 2.45) is 0 Å². The highest BCUT2D eigenvalue weighted by molar-refractivity contribution is 5.98. The van der Waals surface area contributed by atoms with Gasteiger partial charge in [0.15, 0.2) is 0 Å². The largest absolute Gasteiger partial charge is 0.497 e. The van der Waals surface area contributed by atoms with Gasteiger partial charge in [0.2, 0.25) is 5.91 Å². The Kier molecular flexibility index (Phi) is 4.50. The first-order valence-corrected chi connectivity index (χ1v) is 7.90. The van der Waals surface area contributed by atoms with E-state index in [1.807, 2.05) is 29.2 Å². The van der Waals surface area contributed by atoms with Crippen LogP contribution in [0.2, 0.25) is 0 Å². The van der Waals surface area contributed by atoms with Gasteiger partial charge in [-0.1, -0.05) is 0 Å². The quantitative estimate of drug-likeness (QED) is 0.800. The Morgan fingerprint density at radius 3 is 3.00 bits per heavy atom. The van der Waals surface area contributed by atoms with Gasteiger partial charge in [0, 0.05) is 37.0 Å². The number of amides is 2. The number of hydrogen-bond donors (Lipinski definition) is 2. The zero-order chi connectivity index (χ0) is 16.2. The van der Waals surface area contributed by atoms with Gasteiger partial charge in [0.25, 0.3) is 5.91 Å². The van der Waals surface area contributed by atoms with E-state index in [9.17, 15) is 9.59 Å². The number of hydrogen-bond acceptors (Lipinski definition) is 3. The molecule has 0 saturated carbocycles. The molecule has 1 fully saturated rings. The van der Waals surface area contributed by atoms with Crippen molar-refractivity contribution in [1.29, 1.82) is 0 Å². The molecule has 1 aliphatic rings. The summed E-state index contributed by atoms with van der Waals surface area (Å²) >= 11 is 0. The molecule has 2 N–H and O–H groups in total. The van der Waals surface area contributed by atoms with Crippen LogP contribution in [0.5, 0.6) is 5.75 Å². The van der Waals surface area contributed by atoms with Gasteiger partial charge in [-0.3, -0.25) is 9.59 Å². The Morgan fingerprint density at radius 1 is 1.39 bits per heavy atom. The van der Waals surface area contributed by atoms with Gasteiger partial charge in [0.1, 0.15) is 11.4 Å². The molecule has 23 heavy (non-hydrogen) atoms. The lowest BCUT2D eigenvalue weighted by atomic mass is 10.2. The first-order chi connectivity index (χ1) is 11.2. The van der Waals surface area contributed by atoms with Gasteiger partial charge in [0.05, 0.1) is 7.11 Å². The Hall–Kier alpha value is -2.50. The van der Waals surface area contributed by atoms with E-state index in [1.165, 1.54) is 0 Å². The zero-order valence-electron chi connectivity index (χ0n) is 13.2. The van der Waals surface area contributed by atoms with Crippen LogP contribution < -0.4 is 10.1 Å². The Balaban J connectivity index is 1.52. The molecule has 3 rings (SSSR count). The number of benzene rings is 1. The summed E-state index contributed by atoms with van der Waals surface area (Å²) < 4.78 is 5.18. The van der Waals surface area contributed by atoms with Crippen molar-refractivity contribution in [3.8, 4) is 5.75 Å². The maximum absolute atomic E-state index is 12.2. The van der Waals surface area contributed by atoms with Crippen LogP contribution in [0.3, 0.4) is 0 Å². The summed E-state index contributed by atoms with van der Waals surface area (Å²) in [5.74, 6) is 0.854. The fourth-order valence-corrected chi connectivity index (χ4v) is 2.87. The topological polar surface area (TPSA) is 74.4 Å². The number of rotatable bonds is 6. The molecule has 2 heterocycles. The standard InChI is InChI=1S/C17H21N3O3/c1-23-13-5-6-14-12(10-13)11-15(19-14)17(22)18-7-3-9-20-8-2-4-16(20)21/h5-6,10-11,19H,2-4,7-9H2,1H3,(H,18,22). The minimum absolute atomic E-state index is 0.132. The van der Waals surface area contributed by atoms with Crippen LogP contribution in [-0.4, -0.2) is 48.4 Å². The predicted molar refractivity (Wildman–Crippen MR) is 87.6 cm³/mol. The predicted octanol–water partition coefficient (Wildman–Crippen LogP) is 1.92. The molecule has 122 valence electrons. The summed E-state index contributed by atoms with van der Waals surface area (Å²) in [6, 6.07) is 7.45. The van der Waals surface area contributed by atoms with Crippen LogP contribution in [0.1, 0.15) is 29.8 Å². The third-order valence-electron chi connectivity index (χ3n) is 4.13. The van der Waals surface area contributed by atoms with E-state index in [4.69, 9.17) is 4.74 Å². The van der Waals surface area contributed by atoms with Crippen molar-refractivity contribution in [1.82, 2.24) is 15.2 Å². The number of aromatic amines is 1. The number of nitrogens with zero attached hydrogens (tertiary/aromatic N) is 1. The SMILES string of the molecule is COc1ccc2[nH]c(C(=O)NCCCN3CCCC3=O)cc2c1. The molecule has 0 radical (unpaired) electrons. The fourth-order valence-electron chi connectivity index (χ4n) is 2.87.